The summed E-state index contributed by atoms with van der Waals surface area (Å²) in [6.45, 7) is 1.44. The number of halogens is 2. The summed E-state index contributed by atoms with van der Waals surface area (Å²) in [5, 5.41) is 11.2. The van der Waals surface area contributed by atoms with Crippen molar-refractivity contribution in [3.8, 4) is 17.2 Å². The molecule has 16 heteroatoms. The first-order valence-electron chi connectivity index (χ1n) is 15.4. The number of rotatable bonds is 6. The predicted octanol–water partition coefficient (Wildman–Crippen LogP) is 1.95. The number of phenols is 1. The van der Waals surface area contributed by atoms with Gasteiger partial charge in [-0.25, -0.2) is 28.5 Å². The van der Waals surface area contributed by atoms with Gasteiger partial charge in [0.05, 0.1) is 37.8 Å². The fourth-order valence-corrected chi connectivity index (χ4v) is 8.59. The molecule has 2 amide bonds. The molecule has 3 aliphatic rings. The highest BCUT2D eigenvalue weighted by molar-refractivity contribution is 6.53. The van der Waals surface area contributed by atoms with Gasteiger partial charge in [-0.3, -0.25) is 19.3 Å². The van der Waals surface area contributed by atoms with Crippen LogP contribution in [-0.4, -0.2) is 76.3 Å². The van der Waals surface area contributed by atoms with Crippen molar-refractivity contribution in [2.75, 3.05) is 21.3 Å². The van der Waals surface area contributed by atoms with Gasteiger partial charge < -0.3 is 19.1 Å². The lowest BCUT2D eigenvalue weighted by atomic mass is 9.64. The molecule has 49 heavy (non-hydrogen) atoms. The number of hydrogen-bond acceptors (Lipinski definition) is 9. The SMILES string of the molecule is COc1cc2nc(CCn3c(=O)n4n(c3=O)[C@@H]3C[C@@]5(Cl)C(=O)N(C)C(=O)[C@@]5(Cl)[C@@H](c5cccc(C)c5O)C3=CC4)c(=O)n(C)c2cc1OC. The van der Waals surface area contributed by atoms with Gasteiger partial charge in [0, 0.05) is 57.1 Å². The van der Waals surface area contributed by atoms with E-state index in [2.05, 4.69) is 4.98 Å². The number of carbonyl (C=O) groups is 2. The number of benzene rings is 2. The maximum absolute atomic E-state index is 14.1. The zero-order valence-electron chi connectivity index (χ0n) is 27.2. The van der Waals surface area contributed by atoms with Crippen molar-refractivity contribution in [3.63, 3.8) is 0 Å². The monoisotopic (exact) mass is 710 g/mol. The molecule has 1 N–H and O–H groups in total. The topological polar surface area (TPSA) is 160 Å². The summed E-state index contributed by atoms with van der Waals surface area (Å²) in [6.07, 6.45) is 1.37. The number of imide groups is 1. The molecule has 1 aliphatic carbocycles. The van der Waals surface area contributed by atoms with Crippen LogP contribution in [0, 0.1) is 6.92 Å². The molecule has 0 unspecified atom stereocenters. The molecular formula is C33H32Cl2N6O8. The number of phenolic OH excluding ortho intramolecular Hbond substituents is 1. The second kappa shape index (κ2) is 11.1. The van der Waals surface area contributed by atoms with E-state index < -0.39 is 50.5 Å². The first-order chi connectivity index (χ1) is 23.2. The van der Waals surface area contributed by atoms with Crippen LogP contribution in [0.5, 0.6) is 17.2 Å². The van der Waals surface area contributed by atoms with Gasteiger partial charge in [0.1, 0.15) is 11.4 Å². The highest BCUT2D eigenvalue weighted by atomic mass is 35.5. The summed E-state index contributed by atoms with van der Waals surface area (Å²) in [5.74, 6) is -1.88. The van der Waals surface area contributed by atoms with Crippen molar-refractivity contribution >= 4 is 46.0 Å². The van der Waals surface area contributed by atoms with Gasteiger partial charge in [0.25, 0.3) is 17.4 Å². The van der Waals surface area contributed by atoms with E-state index in [0.717, 1.165) is 9.47 Å². The highest BCUT2D eigenvalue weighted by Crippen LogP contribution is 2.64. The number of alkyl halides is 2. The number of allylic oxidation sites excluding steroid dienone is 2. The number of carbonyl (C=O) groups excluding carboxylic acids is 2. The Morgan fingerprint density at radius 2 is 1.69 bits per heavy atom. The van der Waals surface area contributed by atoms with Crippen LogP contribution in [0.3, 0.4) is 0 Å². The Kier molecular flexibility index (Phi) is 7.41. The summed E-state index contributed by atoms with van der Waals surface area (Å²) in [6, 6.07) is 7.29. The number of ether oxygens (including phenoxy) is 2. The Bertz CT molecular complexity index is 2340. The molecule has 1 saturated carbocycles. The standard InChI is InChI=1S/C33H32Cl2N6O8/c1-16-7-6-8-18(26(16)42)25-17-9-12-40-30(46)39(31(47)41(40)22(17)15-32(34)28(44)38(3)29(45)33(25,32)35)11-10-19-27(43)37(2)21-14-24(49-5)23(48-4)13-20(21)36-19/h6-9,13-14,22,25,42H,10-12,15H2,1-5H3/t22-,25-,32-,33+/m1/s1. The van der Waals surface area contributed by atoms with Crippen molar-refractivity contribution in [2.24, 2.45) is 7.05 Å². The molecule has 4 heterocycles. The van der Waals surface area contributed by atoms with Gasteiger partial charge in [-0.2, -0.15) is 0 Å². The van der Waals surface area contributed by atoms with Gasteiger partial charge in [-0.15, -0.1) is 23.2 Å². The number of nitrogens with zero attached hydrogens (tertiary/aromatic N) is 6. The van der Waals surface area contributed by atoms with E-state index >= 15 is 0 Å². The van der Waals surface area contributed by atoms with Crippen LogP contribution >= 0.6 is 23.2 Å². The summed E-state index contributed by atoms with van der Waals surface area (Å²) in [4.78, 5) is 69.9. The van der Waals surface area contributed by atoms with Gasteiger partial charge in [0.15, 0.2) is 21.2 Å². The Hall–Kier alpha value is -4.82. The predicted molar refractivity (Wildman–Crippen MR) is 179 cm³/mol. The zero-order chi connectivity index (χ0) is 35.3. The van der Waals surface area contributed by atoms with Gasteiger partial charge in [-0.05, 0) is 18.1 Å². The average molecular weight is 712 g/mol. The molecule has 2 fully saturated rings. The summed E-state index contributed by atoms with van der Waals surface area (Å²) in [7, 11) is 5.85. The third kappa shape index (κ3) is 4.26. The molecule has 1 saturated heterocycles. The molecule has 4 atom stereocenters. The fourth-order valence-electron chi connectivity index (χ4n) is 7.60. The molecule has 2 aliphatic heterocycles. The van der Waals surface area contributed by atoms with E-state index in [4.69, 9.17) is 32.7 Å². The first-order valence-corrected chi connectivity index (χ1v) is 16.2. The third-order valence-electron chi connectivity index (χ3n) is 10.2. The molecule has 14 nitrogen and oxygen atoms in total. The minimum atomic E-state index is -2.03. The molecule has 4 aromatic rings. The van der Waals surface area contributed by atoms with Gasteiger partial charge in [0.2, 0.25) is 0 Å². The summed E-state index contributed by atoms with van der Waals surface area (Å²) >= 11 is 14.3. The number of aromatic nitrogens is 5. The number of methoxy groups -OCH3 is 2. The van der Waals surface area contributed by atoms with E-state index in [1.54, 1.807) is 50.4 Å². The quantitative estimate of drug-likeness (QED) is 0.179. The Morgan fingerprint density at radius 1 is 1.00 bits per heavy atom. The first kappa shape index (κ1) is 32.7. The minimum Gasteiger partial charge on any atom is -0.507 e. The van der Waals surface area contributed by atoms with Crippen LogP contribution in [0.15, 0.2) is 56.4 Å². The summed E-state index contributed by atoms with van der Waals surface area (Å²) < 4.78 is 15.6. The number of amides is 2. The maximum Gasteiger partial charge on any atom is 0.347 e. The van der Waals surface area contributed by atoms with Crippen molar-refractivity contribution in [1.82, 2.24) is 28.4 Å². The molecular weight excluding hydrogens is 679 g/mol. The Balaban J connectivity index is 1.32. The van der Waals surface area contributed by atoms with Crippen LogP contribution in [0.25, 0.3) is 11.0 Å². The Morgan fingerprint density at radius 3 is 2.39 bits per heavy atom. The van der Waals surface area contributed by atoms with E-state index in [-0.39, 0.29) is 42.9 Å². The molecule has 7 rings (SSSR count). The van der Waals surface area contributed by atoms with Crippen LogP contribution < -0.4 is 26.4 Å². The number of aryl methyl sites for hydroxylation is 3. The zero-order valence-corrected chi connectivity index (χ0v) is 28.7. The Labute approximate surface area is 288 Å². The van der Waals surface area contributed by atoms with Crippen LogP contribution in [0.2, 0.25) is 0 Å². The average Bonchev–Trinajstić information content (AvgIpc) is 3.40. The van der Waals surface area contributed by atoms with Crippen molar-refractivity contribution in [1.29, 1.82) is 0 Å². The second-order valence-corrected chi connectivity index (χ2v) is 13.8. The lowest BCUT2D eigenvalue weighted by molar-refractivity contribution is -0.137. The van der Waals surface area contributed by atoms with E-state index in [9.17, 15) is 29.1 Å². The lowest BCUT2D eigenvalue weighted by Crippen LogP contribution is -2.59. The molecule has 0 spiro atoms. The van der Waals surface area contributed by atoms with Gasteiger partial charge in [-0.1, -0.05) is 24.3 Å². The van der Waals surface area contributed by atoms with E-state index in [1.807, 2.05) is 0 Å². The van der Waals surface area contributed by atoms with Crippen LogP contribution in [0.1, 0.15) is 35.2 Å². The van der Waals surface area contributed by atoms with Crippen LogP contribution in [0.4, 0.5) is 0 Å². The number of likely N-dealkylation sites (tertiary alicyclic amines) is 1. The normalized spacial score (nSPS) is 24.5. The van der Waals surface area contributed by atoms with E-state index in [0.29, 0.717) is 33.7 Å². The highest BCUT2D eigenvalue weighted by Gasteiger charge is 2.75. The van der Waals surface area contributed by atoms with Crippen molar-refractivity contribution < 1.29 is 24.2 Å². The van der Waals surface area contributed by atoms with Crippen molar-refractivity contribution in [3.05, 3.63) is 90.1 Å². The third-order valence-corrected chi connectivity index (χ3v) is 11.6. The molecule has 0 radical (unpaired) electrons. The molecule has 2 aromatic carbocycles. The second-order valence-electron chi connectivity index (χ2n) is 12.6. The largest absolute Gasteiger partial charge is 0.507 e. The molecule has 0 bridgehead atoms. The number of aromatic hydroxyl groups is 1. The minimum absolute atomic E-state index is 0.0527. The van der Waals surface area contributed by atoms with Crippen molar-refractivity contribution in [2.45, 2.75) is 54.6 Å². The molecule has 256 valence electrons. The van der Waals surface area contributed by atoms with E-state index in [1.165, 1.54) is 35.2 Å². The smallest absolute Gasteiger partial charge is 0.347 e. The number of para-hydroxylation sites is 1. The maximum atomic E-state index is 14.1. The molecule has 2 aromatic heterocycles. The number of hydrogen-bond donors (Lipinski definition) is 1. The van der Waals surface area contributed by atoms with Crippen LogP contribution in [-0.2, 0) is 36.1 Å². The fraction of sp³-hybridized carbons (Fsp3) is 0.394. The lowest BCUT2D eigenvalue weighted by Gasteiger charge is -2.49. The number of fused-ring (bicyclic) bond motifs is 5. The van der Waals surface area contributed by atoms with Gasteiger partial charge >= 0.3 is 11.4 Å². The summed E-state index contributed by atoms with van der Waals surface area (Å²) in [5.41, 5.74) is 0.566.